The number of hydrogen-bond acceptors (Lipinski definition) is 3. The highest BCUT2D eigenvalue weighted by atomic mass is 16.3. The molecule has 3 N–H and O–H groups in total. The summed E-state index contributed by atoms with van der Waals surface area (Å²) in [6, 6.07) is -0.643. The second-order valence-corrected chi connectivity index (χ2v) is 21.1. The molecule has 412 valence electrons. The largest absolute Gasteiger partial charge is 0.394 e. The van der Waals surface area contributed by atoms with Crippen molar-refractivity contribution in [2.75, 3.05) is 6.61 Å². The molecule has 0 aliphatic heterocycles. The minimum atomic E-state index is -0.866. The quantitative estimate of drug-likeness (QED) is 0.0420. The Kier molecular flexibility index (Phi) is 59.8. The van der Waals surface area contributed by atoms with Gasteiger partial charge < -0.3 is 15.5 Å². The van der Waals surface area contributed by atoms with Gasteiger partial charge in [0, 0.05) is 6.42 Å². The van der Waals surface area contributed by atoms with E-state index in [1.54, 1.807) is 6.08 Å². The zero-order valence-electron chi connectivity index (χ0n) is 47.5. The van der Waals surface area contributed by atoms with Gasteiger partial charge in [0.2, 0.25) is 5.91 Å². The molecule has 71 heavy (non-hydrogen) atoms. The minimum Gasteiger partial charge on any atom is -0.394 e. The summed E-state index contributed by atoms with van der Waals surface area (Å²) in [6.07, 6.45) is 90.6. The number of unbranched alkanes of at least 4 members (excludes halogenated alkanes) is 38. The zero-order valence-corrected chi connectivity index (χ0v) is 47.5. The number of carbonyl (C=O) groups excluding carboxylic acids is 1. The molecule has 0 heterocycles. The Bertz CT molecular complexity index is 1260. The normalized spacial score (nSPS) is 13.4. The van der Waals surface area contributed by atoms with Crippen LogP contribution in [-0.2, 0) is 4.79 Å². The Morgan fingerprint density at radius 1 is 0.352 bits per heavy atom. The molecule has 0 fully saturated rings. The van der Waals surface area contributed by atoms with Gasteiger partial charge in [0.05, 0.1) is 18.8 Å². The van der Waals surface area contributed by atoms with Crippen LogP contribution in [0.5, 0.6) is 0 Å². The van der Waals surface area contributed by atoms with Crippen LogP contribution in [0.4, 0.5) is 0 Å². The minimum absolute atomic E-state index is 0.0709. The summed E-state index contributed by atoms with van der Waals surface area (Å²) < 4.78 is 0. The number of allylic oxidation sites excluding steroid dienone is 13. The smallest absolute Gasteiger partial charge is 0.220 e. The first kappa shape index (κ1) is 68.6. The van der Waals surface area contributed by atoms with Gasteiger partial charge in [0.15, 0.2) is 0 Å². The molecule has 0 bridgehead atoms. The third-order valence-corrected chi connectivity index (χ3v) is 14.1. The molecule has 0 saturated heterocycles. The number of amides is 1. The lowest BCUT2D eigenvalue weighted by Gasteiger charge is -2.19. The molecule has 4 heteroatoms. The Morgan fingerprint density at radius 2 is 0.634 bits per heavy atom. The fourth-order valence-corrected chi connectivity index (χ4v) is 9.40. The summed E-state index contributed by atoms with van der Waals surface area (Å²) >= 11 is 0. The summed E-state index contributed by atoms with van der Waals surface area (Å²) in [5.74, 6) is -0.0709. The van der Waals surface area contributed by atoms with E-state index in [0.717, 1.165) is 64.2 Å². The number of hydrogen-bond donors (Lipinski definition) is 3. The summed E-state index contributed by atoms with van der Waals surface area (Å²) in [5, 5.41) is 23.2. The van der Waals surface area contributed by atoms with Gasteiger partial charge in [-0.05, 0) is 77.0 Å². The molecular formula is C67H121NO3. The van der Waals surface area contributed by atoms with Crippen LogP contribution in [0.1, 0.15) is 316 Å². The van der Waals surface area contributed by atoms with Crippen LogP contribution in [0.15, 0.2) is 85.1 Å². The maximum absolute atomic E-state index is 12.5. The molecule has 0 rings (SSSR count). The highest BCUT2D eigenvalue weighted by Gasteiger charge is 2.18. The first-order chi connectivity index (χ1) is 35.2. The molecule has 0 radical (unpaired) electrons. The Morgan fingerprint density at radius 3 is 0.986 bits per heavy atom. The van der Waals surface area contributed by atoms with Crippen molar-refractivity contribution in [2.45, 2.75) is 328 Å². The van der Waals surface area contributed by atoms with E-state index in [1.807, 2.05) is 6.08 Å². The SMILES string of the molecule is CC/C=C\C/C=C\C/C=C\C/C=C\C/C=C\CCCCCCCCCCCCCCCCCCCCCC(=O)NC(CO)C(O)/C=C/CC/C=C/CCCCCCCCCCCCCCCCCCCC. The third-order valence-electron chi connectivity index (χ3n) is 14.1. The van der Waals surface area contributed by atoms with Crippen LogP contribution in [0.2, 0.25) is 0 Å². The summed E-state index contributed by atoms with van der Waals surface area (Å²) in [7, 11) is 0. The van der Waals surface area contributed by atoms with E-state index in [2.05, 4.69) is 92.1 Å². The highest BCUT2D eigenvalue weighted by Crippen LogP contribution is 2.17. The van der Waals surface area contributed by atoms with Gasteiger partial charge in [0.1, 0.15) is 0 Å². The van der Waals surface area contributed by atoms with Crippen LogP contribution in [0.25, 0.3) is 0 Å². The lowest BCUT2D eigenvalue weighted by atomic mass is 10.0. The maximum atomic E-state index is 12.5. The molecule has 4 nitrogen and oxygen atoms in total. The fourth-order valence-electron chi connectivity index (χ4n) is 9.40. The van der Waals surface area contributed by atoms with Gasteiger partial charge >= 0.3 is 0 Å². The lowest BCUT2D eigenvalue weighted by Crippen LogP contribution is -2.45. The topological polar surface area (TPSA) is 69.6 Å². The van der Waals surface area contributed by atoms with Gasteiger partial charge in [-0.2, -0.15) is 0 Å². The molecule has 2 unspecified atom stereocenters. The van der Waals surface area contributed by atoms with Crippen LogP contribution >= 0.6 is 0 Å². The number of rotatable bonds is 57. The lowest BCUT2D eigenvalue weighted by molar-refractivity contribution is -0.123. The molecular weight excluding hydrogens is 867 g/mol. The van der Waals surface area contributed by atoms with Crippen molar-refractivity contribution in [1.82, 2.24) is 5.32 Å². The van der Waals surface area contributed by atoms with Crippen LogP contribution in [-0.4, -0.2) is 34.9 Å². The van der Waals surface area contributed by atoms with Gasteiger partial charge in [-0.3, -0.25) is 4.79 Å². The van der Waals surface area contributed by atoms with Crippen LogP contribution in [0, 0.1) is 0 Å². The molecule has 0 aromatic heterocycles. The molecule has 0 aliphatic rings. The summed E-state index contributed by atoms with van der Waals surface area (Å²) in [6.45, 7) is 4.21. The monoisotopic (exact) mass is 988 g/mol. The van der Waals surface area contributed by atoms with E-state index in [4.69, 9.17) is 0 Å². The number of aliphatic hydroxyl groups excluding tert-OH is 2. The van der Waals surface area contributed by atoms with E-state index in [-0.39, 0.29) is 12.5 Å². The summed E-state index contributed by atoms with van der Waals surface area (Å²) in [4.78, 5) is 12.5. The van der Waals surface area contributed by atoms with Crippen molar-refractivity contribution >= 4 is 5.91 Å². The molecule has 0 aromatic rings. The standard InChI is InChI=1S/C67H121NO3/c1-3-5-7-9-11-13-15-17-19-21-23-25-27-29-30-31-32-33-34-35-36-37-38-39-41-43-45-47-49-51-53-55-57-59-61-63-67(71)68-65(64-69)66(70)62-60-58-56-54-52-50-48-46-44-42-40-28-26-24-22-20-18-16-14-12-10-8-6-4-2/h5,7,11,13,17,19,23,25,29-30,52,54,60,62,65-66,69-70H,3-4,6,8-10,12,14-16,18,20-22,24,26-28,31-51,53,55-59,61,63-64H2,1-2H3,(H,68,71)/b7-5-,13-11-,19-17-,25-23-,30-29-,54-52+,62-60+. The molecule has 1 amide bonds. The van der Waals surface area contributed by atoms with Gasteiger partial charge in [0.25, 0.3) is 0 Å². The van der Waals surface area contributed by atoms with E-state index in [0.29, 0.717) is 6.42 Å². The average Bonchev–Trinajstić information content (AvgIpc) is 3.37. The van der Waals surface area contributed by atoms with Gasteiger partial charge in [-0.1, -0.05) is 317 Å². The van der Waals surface area contributed by atoms with Crippen LogP contribution in [0.3, 0.4) is 0 Å². The fraction of sp³-hybridized carbons (Fsp3) is 0.776. The summed E-state index contributed by atoms with van der Waals surface area (Å²) in [5.41, 5.74) is 0. The molecule has 0 saturated carbocycles. The van der Waals surface area contributed by atoms with E-state index in [9.17, 15) is 15.0 Å². The van der Waals surface area contributed by atoms with Crippen molar-refractivity contribution in [3.05, 3.63) is 85.1 Å². The predicted molar refractivity (Wildman–Crippen MR) is 317 cm³/mol. The Labute approximate surface area is 443 Å². The van der Waals surface area contributed by atoms with Crippen molar-refractivity contribution in [3.63, 3.8) is 0 Å². The van der Waals surface area contributed by atoms with Gasteiger partial charge in [-0.25, -0.2) is 0 Å². The van der Waals surface area contributed by atoms with Crippen molar-refractivity contribution < 1.29 is 15.0 Å². The Balaban J connectivity index is 3.50. The Hall–Kier alpha value is -2.43. The molecule has 0 aromatic carbocycles. The average molecular weight is 989 g/mol. The first-order valence-corrected chi connectivity index (χ1v) is 31.3. The van der Waals surface area contributed by atoms with Crippen molar-refractivity contribution in [2.24, 2.45) is 0 Å². The van der Waals surface area contributed by atoms with Crippen LogP contribution < -0.4 is 5.32 Å². The third kappa shape index (κ3) is 58.3. The number of nitrogens with one attached hydrogen (secondary N) is 1. The number of carbonyl (C=O) groups is 1. The van der Waals surface area contributed by atoms with Gasteiger partial charge in [-0.15, -0.1) is 0 Å². The van der Waals surface area contributed by atoms with Crippen molar-refractivity contribution in [1.29, 1.82) is 0 Å². The second-order valence-electron chi connectivity index (χ2n) is 21.1. The molecule has 2 atom stereocenters. The highest BCUT2D eigenvalue weighted by molar-refractivity contribution is 5.76. The zero-order chi connectivity index (χ0) is 51.3. The first-order valence-electron chi connectivity index (χ1n) is 31.3. The predicted octanol–water partition coefficient (Wildman–Crippen LogP) is 21.1. The van der Waals surface area contributed by atoms with E-state index in [1.165, 1.54) is 231 Å². The maximum Gasteiger partial charge on any atom is 0.220 e. The van der Waals surface area contributed by atoms with E-state index >= 15 is 0 Å². The van der Waals surface area contributed by atoms with E-state index < -0.39 is 12.1 Å². The van der Waals surface area contributed by atoms with Crippen molar-refractivity contribution in [3.8, 4) is 0 Å². The number of aliphatic hydroxyl groups is 2. The second kappa shape index (κ2) is 61.9. The molecule has 0 spiro atoms. The molecule has 0 aliphatic carbocycles.